The van der Waals surface area contributed by atoms with Gasteiger partial charge in [0, 0.05) is 0 Å². The maximum atomic E-state index is 11.3. The smallest absolute Gasteiger partial charge is 0.323 e. The number of rotatable bonds is 3. The minimum Gasteiger partial charge on any atom is -0.465 e. The van der Waals surface area contributed by atoms with Gasteiger partial charge in [0.1, 0.15) is 6.04 Å². The van der Waals surface area contributed by atoms with Crippen LogP contribution in [0.25, 0.3) is 0 Å². The molecule has 2 rings (SSSR count). The minimum atomic E-state index is -0.369. The van der Waals surface area contributed by atoms with Gasteiger partial charge in [-0.1, -0.05) is 0 Å². The molecule has 2 aliphatic rings. The minimum absolute atomic E-state index is 0.219. The highest BCUT2D eigenvalue weighted by Gasteiger charge is 2.55. The summed E-state index contributed by atoms with van der Waals surface area (Å²) in [6.07, 6.45) is 4.98. The van der Waals surface area contributed by atoms with E-state index in [1.807, 2.05) is 6.92 Å². The summed E-state index contributed by atoms with van der Waals surface area (Å²) in [6.45, 7) is 2.25. The van der Waals surface area contributed by atoms with Crippen molar-refractivity contribution < 1.29 is 9.53 Å². The Bertz CT molecular complexity index is 215. The van der Waals surface area contributed by atoms with Gasteiger partial charge in [-0.2, -0.15) is 0 Å². The van der Waals surface area contributed by atoms with E-state index in [1.165, 1.54) is 12.8 Å². The van der Waals surface area contributed by atoms with Crippen LogP contribution in [0.4, 0.5) is 0 Å². The zero-order valence-electron chi connectivity index (χ0n) is 8.08. The van der Waals surface area contributed by atoms with Gasteiger partial charge in [-0.3, -0.25) is 4.79 Å². The summed E-state index contributed by atoms with van der Waals surface area (Å²) in [5.74, 6) is 0.171. The van der Waals surface area contributed by atoms with E-state index >= 15 is 0 Å². The molecule has 0 unspecified atom stereocenters. The predicted octanol–water partition coefficient (Wildman–Crippen LogP) is 1.07. The van der Waals surface area contributed by atoms with Crippen molar-refractivity contribution in [2.75, 3.05) is 6.61 Å². The van der Waals surface area contributed by atoms with E-state index in [0.29, 0.717) is 17.9 Å². The topological polar surface area (TPSA) is 52.3 Å². The fourth-order valence-electron chi connectivity index (χ4n) is 2.32. The second kappa shape index (κ2) is 2.98. The van der Waals surface area contributed by atoms with Crippen molar-refractivity contribution in [3.05, 3.63) is 0 Å². The van der Waals surface area contributed by atoms with Crippen LogP contribution in [-0.4, -0.2) is 18.6 Å². The number of carbonyl (C=O) groups excluding carboxylic acids is 1. The van der Waals surface area contributed by atoms with Crippen molar-refractivity contribution >= 4 is 5.97 Å². The zero-order chi connectivity index (χ0) is 9.47. The first-order valence-electron chi connectivity index (χ1n) is 5.09. The number of hydrogen-bond donors (Lipinski definition) is 1. The molecular weight excluding hydrogens is 166 g/mol. The van der Waals surface area contributed by atoms with E-state index in [0.717, 1.165) is 12.8 Å². The largest absolute Gasteiger partial charge is 0.465 e. The maximum absolute atomic E-state index is 11.3. The molecule has 0 aromatic carbocycles. The highest BCUT2D eigenvalue weighted by molar-refractivity contribution is 5.76. The molecule has 0 aromatic heterocycles. The Morgan fingerprint density at radius 3 is 2.69 bits per heavy atom. The molecule has 1 spiro atoms. The van der Waals surface area contributed by atoms with Crippen molar-refractivity contribution in [3.8, 4) is 0 Å². The molecule has 74 valence electrons. The first-order chi connectivity index (χ1) is 6.17. The van der Waals surface area contributed by atoms with Crippen LogP contribution >= 0.6 is 0 Å². The molecule has 3 heteroatoms. The van der Waals surface area contributed by atoms with Gasteiger partial charge >= 0.3 is 5.97 Å². The van der Waals surface area contributed by atoms with Crippen LogP contribution in [0.5, 0.6) is 0 Å². The third kappa shape index (κ3) is 1.57. The zero-order valence-corrected chi connectivity index (χ0v) is 8.08. The van der Waals surface area contributed by atoms with Gasteiger partial charge in [0.2, 0.25) is 0 Å². The van der Waals surface area contributed by atoms with Crippen LogP contribution in [0.3, 0.4) is 0 Å². The van der Waals surface area contributed by atoms with E-state index in [1.54, 1.807) is 0 Å². The molecule has 0 bridgehead atoms. The van der Waals surface area contributed by atoms with Crippen molar-refractivity contribution in [3.63, 3.8) is 0 Å². The Labute approximate surface area is 78.6 Å². The quantitative estimate of drug-likeness (QED) is 0.666. The van der Waals surface area contributed by atoms with Crippen LogP contribution in [0.2, 0.25) is 0 Å². The summed E-state index contributed by atoms with van der Waals surface area (Å²) >= 11 is 0. The first-order valence-corrected chi connectivity index (χ1v) is 5.09. The van der Waals surface area contributed by atoms with Crippen molar-refractivity contribution in [1.29, 1.82) is 0 Å². The van der Waals surface area contributed by atoms with Crippen molar-refractivity contribution in [2.45, 2.75) is 38.6 Å². The lowest BCUT2D eigenvalue weighted by Gasteiger charge is -2.38. The monoisotopic (exact) mass is 183 g/mol. The molecule has 2 N–H and O–H groups in total. The van der Waals surface area contributed by atoms with Crippen molar-refractivity contribution in [2.24, 2.45) is 17.1 Å². The second-order valence-corrected chi connectivity index (χ2v) is 4.45. The average molecular weight is 183 g/mol. The van der Waals surface area contributed by atoms with Crippen LogP contribution in [0.15, 0.2) is 0 Å². The number of esters is 1. The summed E-state index contributed by atoms with van der Waals surface area (Å²) in [4.78, 5) is 11.3. The lowest BCUT2D eigenvalue weighted by atomic mass is 9.68. The molecule has 2 aliphatic carbocycles. The summed E-state index contributed by atoms with van der Waals surface area (Å²) in [6, 6.07) is -0.369. The van der Waals surface area contributed by atoms with Gasteiger partial charge in [0.25, 0.3) is 0 Å². The number of ether oxygens (including phenoxy) is 1. The molecule has 2 fully saturated rings. The molecule has 0 amide bonds. The summed E-state index contributed by atoms with van der Waals surface area (Å²) in [5.41, 5.74) is 6.40. The fraction of sp³-hybridized carbons (Fsp3) is 0.900. The molecule has 13 heavy (non-hydrogen) atoms. The van der Waals surface area contributed by atoms with E-state index in [4.69, 9.17) is 10.5 Å². The Morgan fingerprint density at radius 1 is 1.62 bits per heavy atom. The lowest BCUT2D eigenvalue weighted by Crippen LogP contribution is -2.46. The third-order valence-electron chi connectivity index (χ3n) is 3.41. The molecule has 0 saturated heterocycles. The van der Waals surface area contributed by atoms with Crippen LogP contribution in [-0.2, 0) is 9.53 Å². The predicted molar refractivity (Wildman–Crippen MR) is 49.0 cm³/mol. The van der Waals surface area contributed by atoms with E-state index in [9.17, 15) is 4.79 Å². The fourth-order valence-corrected chi connectivity index (χ4v) is 2.32. The highest BCUT2D eigenvalue weighted by Crippen LogP contribution is 2.63. The standard InChI is InChI=1S/C10H17NO2/c1-2-13-9(12)8(11)7-5-10(6-7)3-4-10/h7-8H,2-6,11H2,1H3/t8-/m0/s1. The SMILES string of the molecule is CCOC(=O)[C@@H](N)C1CC2(CC2)C1. The van der Waals surface area contributed by atoms with E-state index in [-0.39, 0.29) is 12.0 Å². The summed E-state index contributed by atoms with van der Waals surface area (Å²) in [7, 11) is 0. The Hall–Kier alpha value is -0.570. The van der Waals surface area contributed by atoms with E-state index in [2.05, 4.69) is 0 Å². The van der Waals surface area contributed by atoms with Gasteiger partial charge in [0.15, 0.2) is 0 Å². The molecule has 0 aromatic rings. The average Bonchev–Trinajstić information content (AvgIpc) is 2.80. The van der Waals surface area contributed by atoms with Crippen LogP contribution < -0.4 is 5.73 Å². The lowest BCUT2D eigenvalue weighted by molar-refractivity contribution is -0.147. The van der Waals surface area contributed by atoms with Crippen LogP contribution in [0, 0.1) is 11.3 Å². The molecule has 1 atom stereocenters. The van der Waals surface area contributed by atoms with E-state index < -0.39 is 0 Å². The molecule has 3 nitrogen and oxygen atoms in total. The normalized spacial score (nSPS) is 26.6. The Kier molecular flexibility index (Phi) is 2.06. The summed E-state index contributed by atoms with van der Waals surface area (Å²) < 4.78 is 4.89. The second-order valence-electron chi connectivity index (χ2n) is 4.45. The van der Waals surface area contributed by atoms with Gasteiger partial charge in [0.05, 0.1) is 6.61 Å². The highest BCUT2D eigenvalue weighted by atomic mass is 16.5. The maximum Gasteiger partial charge on any atom is 0.323 e. The molecule has 0 radical (unpaired) electrons. The van der Waals surface area contributed by atoms with Gasteiger partial charge in [-0.05, 0) is 43.9 Å². The first kappa shape index (κ1) is 9.00. The Balaban J connectivity index is 1.77. The molecule has 0 heterocycles. The Morgan fingerprint density at radius 2 is 2.23 bits per heavy atom. The van der Waals surface area contributed by atoms with Crippen molar-refractivity contribution in [1.82, 2.24) is 0 Å². The number of hydrogen-bond acceptors (Lipinski definition) is 3. The van der Waals surface area contributed by atoms with Gasteiger partial charge in [-0.15, -0.1) is 0 Å². The summed E-state index contributed by atoms with van der Waals surface area (Å²) in [5, 5.41) is 0. The number of carbonyl (C=O) groups is 1. The molecule has 0 aliphatic heterocycles. The van der Waals surface area contributed by atoms with Gasteiger partial charge in [-0.25, -0.2) is 0 Å². The number of nitrogens with two attached hydrogens (primary N) is 1. The molecular formula is C10H17NO2. The van der Waals surface area contributed by atoms with Gasteiger partial charge < -0.3 is 10.5 Å². The van der Waals surface area contributed by atoms with Crippen LogP contribution in [0.1, 0.15) is 32.6 Å². The molecule has 2 saturated carbocycles. The third-order valence-corrected chi connectivity index (χ3v) is 3.41.